The van der Waals surface area contributed by atoms with Gasteiger partial charge in [0.25, 0.3) is 0 Å². The van der Waals surface area contributed by atoms with Crippen LogP contribution in [0.5, 0.6) is 11.5 Å². The Morgan fingerprint density at radius 3 is 2.19 bits per heavy atom. The summed E-state index contributed by atoms with van der Waals surface area (Å²) in [5, 5.41) is 0.376. The number of aromatic nitrogens is 1. The fourth-order valence-corrected chi connectivity index (χ4v) is 3.48. The topological polar surface area (TPSA) is 57.5 Å². The maximum absolute atomic E-state index is 13.3. The van der Waals surface area contributed by atoms with Crippen molar-refractivity contribution in [1.29, 1.82) is 0 Å². The highest BCUT2D eigenvalue weighted by molar-refractivity contribution is 6.10. The van der Waals surface area contributed by atoms with Crippen molar-refractivity contribution in [1.82, 2.24) is 4.57 Å². The molecular weight excluding hydrogens is 397 g/mol. The lowest BCUT2D eigenvalue weighted by Gasteiger charge is -2.14. The van der Waals surface area contributed by atoms with Crippen molar-refractivity contribution in [2.45, 2.75) is 6.54 Å². The van der Waals surface area contributed by atoms with Crippen LogP contribution in [0.3, 0.4) is 0 Å². The second-order valence-corrected chi connectivity index (χ2v) is 7.07. The van der Waals surface area contributed by atoms with Crippen LogP contribution in [0.25, 0.3) is 10.9 Å². The number of hydrogen-bond donors (Lipinski definition) is 0. The summed E-state index contributed by atoms with van der Waals surface area (Å²) in [6.45, 7) is 0.441. The second-order valence-electron chi connectivity index (χ2n) is 7.07. The molecule has 0 spiro atoms. The van der Waals surface area contributed by atoms with E-state index in [2.05, 4.69) is 0 Å². The summed E-state index contributed by atoms with van der Waals surface area (Å²) in [4.78, 5) is 26.3. The van der Waals surface area contributed by atoms with Crippen molar-refractivity contribution >= 4 is 16.7 Å². The van der Waals surface area contributed by atoms with Crippen LogP contribution in [0.1, 0.15) is 21.5 Å². The summed E-state index contributed by atoms with van der Waals surface area (Å²) in [6, 6.07) is 17.9. The molecule has 6 heteroatoms. The van der Waals surface area contributed by atoms with E-state index in [1.54, 1.807) is 31.5 Å². The smallest absolute Gasteiger partial charge is 0.200 e. The highest BCUT2D eigenvalue weighted by atomic mass is 19.1. The van der Waals surface area contributed by atoms with Gasteiger partial charge in [0.15, 0.2) is 5.78 Å². The highest BCUT2D eigenvalue weighted by Crippen LogP contribution is 2.22. The molecule has 4 aromatic rings. The molecule has 0 radical (unpaired) electrons. The molecule has 0 saturated heterocycles. The fourth-order valence-electron chi connectivity index (χ4n) is 3.48. The number of rotatable bonds is 6. The highest BCUT2D eigenvalue weighted by Gasteiger charge is 2.18. The normalized spacial score (nSPS) is 10.8. The lowest BCUT2D eigenvalue weighted by Crippen LogP contribution is -2.20. The van der Waals surface area contributed by atoms with Crippen molar-refractivity contribution < 1.29 is 18.7 Å². The van der Waals surface area contributed by atoms with Gasteiger partial charge < -0.3 is 14.0 Å². The average Bonchev–Trinajstić information content (AvgIpc) is 2.81. The zero-order valence-corrected chi connectivity index (χ0v) is 17.1. The molecule has 0 aliphatic rings. The summed E-state index contributed by atoms with van der Waals surface area (Å²) in [5.74, 6) is 0.354. The lowest BCUT2D eigenvalue weighted by molar-refractivity contribution is 0.103. The summed E-state index contributed by atoms with van der Waals surface area (Å²) < 4.78 is 25.6. The van der Waals surface area contributed by atoms with Gasteiger partial charge in [-0.15, -0.1) is 0 Å². The van der Waals surface area contributed by atoms with E-state index in [1.165, 1.54) is 31.4 Å². The molecular formula is C25H20FNO4. The first-order chi connectivity index (χ1) is 15.0. The van der Waals surface area contributed by atoms with Gasteiger partial charge in [0, 0.05) is 18.3 Å². The SMILES string of the molecule is COc1ccc(Cn2cc(C(=O)c3ccc(F)cc3)c(=O)c3cc(OC)ccc32)cc1. The predicted molar refractivity (Wildman–Crippen MR) is 117 cm³/mol. The van der Waals surface area contributed by atoms with Crippen molar-refractivity contribution in [3.05, 3.63) is 106 Å². The predicted octanol–water partition coefficient (Wildman–Crippen LogP) is 4.44. The van der Waals surface area contributed by atoms with Gasteiger partial charge in [-0.3, -0.25) is 9.59 Å². The van der Waals surface area contributed by atoms with E-state index in [4.69, 9.17) is 9.47 Å². The molecule has 0 saturated carbocycles. The van der Waals surface area contributed by atoms with Crippen LogP contribution in [0, 0.1) is 5.82 Å². The zero-order chi connectivity index (χ0) is 22.0. The Hall–Kier alpha value is -3.93. The van der Waals surface area contributed by atoms with E-state index in [0.717, 1.165) is 11.3 Å². The Balaban J connectivity index is 1.87. The summed E-state index contributed by atoms with van der Waals surface area (Å²) in [6.07, 6.45) is 1.56. The van der Waals surface area contributed by atoms with Gasteiger partial charge in [0.1, 0.15) is 17.3 Å². The number of nitrogens with zero attached hydrogens (tertiary/aromatic N) is 1. The third-order valence-electron chi connectivity index (χ3n) is 5.15. The molecule has 1 heterocycles. The van der Waals surface area contributed by atoms with Crippen LogP contribution >= 0.6 is 0 Å². The molecule has 1 aromatic heterocycles. The molecule has 4 rings (SSSR count). The number of hydrogen-bond acceptors (Lipinski definition) is 4. The van der Waals surface area contributed by atoms with Crippen LogP contribution in [0.2, 0.25) is 0 Å². The monoisotopic (exact) mass is 417 g/mol. The number of carbonyl (C=O) groups is 1. The molecule has 156 valence electrons. The summed E-state index contributed by atoms with van der Waals surface area (Å²) in [7, 11) is 3.12. The molecule has 0 bridgehead atoms. The van der Waals surface area contributed by atoms with Crippen molar-refractivity contribution in [3.63, 3.8) is 0 Å². The maximum atomic E-state index is 13.3. The minimum Gasteiger partial charge on any atom is -0.497 e. The first-order valence-corrected chi connectivity index (χ1v) is 9.64. The summed E-state index contributed by atoms with van der Waals surface area (Å²) in [5.41, 5.74) is 1.52. The molecule has 0 aliphatic heterocycles. The molecule has 31 heavy (non-hydrogen) atoms. The number of pyridine rings is 1. The zero-order valence-electron chi connectivity index (χ0n) is 17.1. The molecule has 3 aromatic carbocycles. The van der Waals surface area contributed by atoms with Gasteiger partial charge in [-0.25, -0.2) is 4.39 Å². The van der Waals surface area contributed by atoms with Gasteiger partial charge >= 0.3 is 0 Å². The van der Waals surface area contributed by atoms with Crippen LogP contribution in [0.15, 0.2) is 77.7 Å². The maximum Gasteiger partial charge on any atom is 0.200 e. The Morgan fingerprint density at radius 1 is 0.903 bits per heavy atom. The number of ketones is 1. The summed E-state index contributed by atoms with van der Waals surface area (Å²) >= 11 is 0. The second kappa shape index (κ2) is 8.44. The van der Waals surface area contributed by atoms with Crippen LogP contribution in [-0.4, -0.2) is 24.6 Å². The average molecular weight is 417 g/mol. The van der Waals surface area contributed by atoms with Gasteiger partial charge in [-0.1, -0.05) is 12.1 Å². The molecule has 0 unspecified atom stereocenters. The molecule has 0 fully saturated rings. The third kappa shape index (κ3) is 4.05. The van der Waals surface area contributed by atoms with Crippen LogP contribution in [0.4, 0.5) is 4.39 Å². The standard InChI is InChI=1S/C25H20FNO4/c1-30-19-9-3-16(4-10-19)14-27-15-22(24(28)17-5-7-18(26)8-6-17)25(29)21-13-20(31-2)11-12-23(21)27/h3-13,15H,14H2,1-2H3. The van der Waals surface area contributed by atoms with Crippen molar-refractivity contribution in [3.8, 4) is 11.5 Å². The quantitative estimate of drug-likeness (QED) is 0.436. The molecule has 0 N–H and O–H groups in total. The lowest BCUT2D eigenvalue weighted by atomic mass is 10.0. The van der Waals surface area contributed by atoms with E-state index in [-0.39, 0.29) is 11.1 Å². The first kappa shape index (κ1) is 20.3. The fraction of sp³-hybridized carbons (Fsp3) is 0.120. The van der Waals surface area contributed by atoms with Gasteiger partial charge in [0.05, 0.1) is 30.7 Å². The minimum absolute atomic E-state index is 0.0147. The number of ether oxygens (including phenoxy) is 2. The Labute approximate surface area is 178 Å². The van der Waals surface area contributed by atoms with E-state index < -0.39 is 17.0 Å². The minimum atomic E-state index is -0.460. The Kier molecular flexibility index (Phi) is 5.54. The van der Waals surface area contributed by atoms with E-state index in [1.807, 2.05) is 28.8 Å². The molecule has 5 nitrogen and oxygen atoms in total. The largest absolute Gasteiger partial charge is 0.497 e. The van der Waals surface area contributed by atoms with E-state index in [0.29, 0.717) is 23.2 Å². The number of benzene rings is 3. The number of halogens is 1. The number of methoxy groups -OCH3 is 2. The number of fused-ring (bicyclic) bond motifs is 1. The van der Waals surface area contributed by atoms with Crippen LogP contribution < -0.4 is 14.9 Å². The Bertz CT molecular complexity index is 1310. The van der Waals surface area contributed by atoms with Crippen molar-refractivity contribution in [2.24, 2.45) is 0 Å². The van der Waals surface area contributed by atoms with Crippen LogP contribution in [-0.2, 0) is 6.54 Å². The van der Waals surface area contributed by atoms with E-state index in [9.17, 15) is 14.0 Å². The van der Waals surface area contributed by atoms with Gasteiger partial charge in [0.2, 0.25) is 5.43 Å². The van der Waals surface area contributed by atoms with E-state index >= 15 is 0 Å². The van der Waals surface area contributed by atoms with Gasteiger partial charge in [-0.05, 0) is 60.2 Å². The van der Waals surface area contributed by atoms with Crippen molar-refractivity contribution in [2.75, 3.05) is 14.2 Å². The molecule has 0 aliphatic carbocycles. The molecule has 0 atom stereocenters. The molecule has 0 amide bonds. The third-order valence-corrected chi connectivity index (χ3v) is 5.15. The number of carbonyl (C=O) groups excluding carboxylic acids is 1. The Morgan fingerprint density at radius 2 is 1.55 bits per heavy atom. The first-order valence-electron chi connectivity index (χ1n) is 9.64. The van der Waals surface area contributed by atoms with Gasteiger partial charge in [-0.2, -0.15) is 0 Å².